The zero-order chi connectivity index (χ0) is 15.2. The van der Waals surface area contributed by atoms with Gasteiger partial charge < -0.3 is 16.0 Å². The number of nitrogens with two attached hydrogens (primary N) is 1. The summed E-state index contributed by atoms with van der Waals surface area (Å²) in [5.74, 6) is 0. The summed E-state index contributed by atoms with van der Waals surface area (Å²) in [7, 11) is 4.30. The minimum absolute atomic E-state index is 0.0947. The van der Waals surface area contributed by atoms with Crippen LogP contribution in [0, 0.1) is 0 Å². The molecule has 0 aliphatic heterocycles. The summed E-state index contributed by atoms with van der Waals surface area (Å²) in [5, 5.41) is 3.69. The number of pyridine rings is 1. The molecule has 1 rings (SSSR count). The Labute approximate surface area is 123 Å². The Kier molecular flexibility index (Phi) is 6.43. The van der Waals surface area contributed by atoms with Crippen molar-refractivity contribution in [1.29, 1.82) is 0 Å². The third-order valence-electron chi connectivity index (χ3n) is 4.49. The van der Waals surface area contributed by atoms with Crippen LogP contribution in [0.4, 0.5) is 5.69 Å². The fraction of sp³-hybridized carbons (Fsp3) is 0.688. The Hall–Kier alpha value is -1.13. The number of rotatable bonds is 8. The predicted octanol–water partition coefficient (Wildman–Crippen LogP) is 2.30. The first kappa shape index (κ1) is 16.9. The molecule has 0 aliphatic rings. The smallest absolute Gasteiger partial charge is 0.0378 e. The molecule has 2 atom stereocenters. The van der Waals surface area contributed by atoms with Crippen molar-refractivity contribution in [2.24, 2.45) is 0 Å². The van der Waals surface area contributed by atoms with Gasteiger partial charge in [0.05, 0.1) is 0 Å². The fourth-order valence-electron chi connectivity index (χ4n) is 2.53. The summed E-state index contributed by atoms with van der Waals surface area (Å²) in [6.45, 7) is 7.77. The van der Waals surface area contributed by atoms with Crippen LogP contribution in [0.5, 0.6) is 0 Å². The average molecular weight is 278 g/mol. The summed E-state index contributed by atoms with van der Waals surface area (Å²) in [6, 6.07) is 2.24. The lowest BCUT2D eigenvalue weighted by Crippen LogP contribution is -2.58. The van der Waals surface area contributed by atoms with Crippen molar-refractivity contribution >= 4 is 5.69 Å². The molecule has 4 heteroatoms. The van der Waals surface area contributed by atoms with Crippen LogP contribution in [0.3, 0.4) is 0 Å². The van der Waals surface area contributed by atoms with Crippen LogP contribution in [0.15, 0.2) is 18.5 Å². The molecule has 1 heterocycles. The van der Waals surface area contributed by atoms with E-state index in [1.165, 1.54) is 0 Å². The molecule has 3 N–H and O–H groups in total. The first-order valence-corrected chi connectivity index (χ1v) is 7.54. The van der Waals surface area contributed by atoms with Gasteiger partial charge in [0.15, 0.2) is 0 Å². The Balaban J connectivity index is 2.97. The van der Waals surface area contributed by atoms with Gasteiger partial charge in [0.25, 0.3) is 0 Å². The maximum Gasteiger partial charge on any atom is 0.0378 e. The molecule has 0 aliphatic carbocycles. The summed E-state index contributed by atoms with van der Waals surface area (Å²) in [4.78, 5) is 6.52. The second kappa shape index (κ2) is 7.60. The van der Waals surface area contributed by atoms with Crippen molar-refractivity contribution in [3.8, 4) is 0 Å². The molecule has 0 saturated carbocycles. The second-order valence-electron chi connectivity index (χ2n) is 5.89. The van der Waals surface area contributed by atoms with Crippen LogP contribution < -0.4 is 11.1 Å². The molecule has 1 aromatic heterocycles. The van der Waals surface area contributed by atoms with Gasteiger partial charge in [-0.2, -0.15) is 0 Å². The normalized spacial score (nSPS) is 16.1. The van der Waals surface area contributed by atoms with Crippen LogP contribution in [0.25, 0.3) is 0 Å². The van der Waals surface area contributed by atoms with E-state index in [2.05, 4.69) is 50.1 Å². The minimum atomic E-state index is 0.0947. The van der Waals surface area contributed by atoms with E-state index >= 15 is 0 Å². The van der Waals surface area contributed by atoms with Gasteiger partial charge in [-0.05, 0) is 58.5 Å². The summed E-state index contributed by atoms with van der Waals surface area (Å²) in [5.41, 5.74) is 8.13. The van der Waals surface area contributed by atoms with Crippen molar-refractivity contribution in [2.45, 2.75) is 51.6 Å². The number of likely N-dealkylation sites (N-methyl/N-ethyl adjacent to an activating group) is 1. The standard InChI is InChI=1S/C16H30N4/c1-6-9-19-15(16(3,7-2)20(4)5)11-13-12-18-10-8-14(13)17/h8,10,12,15,19H,6-7,9,11H2,1-5H3,(H2,17,18). The molecule has 0 aromatic carbocycles. The molecular formula is C16H30N4. The van der Waals surface area contributed by atoms with Gasteiger partial charge in [-0.25, -0.2) is 0 Å². The van der Waals surface area contributed by atoms with E-state index in [-0.39, 0.29) is 5.54 Å². The van der Waals surface area contributed by atoms with E-state index in [4.69, 9.17) is 5.73 Å². The number of anilines is 1. The lowest BCUT2D eigenvalue weighted by atomic mass is 9.84. The van der Waals surface area contributed by atoms with Gasteiger partial charge in [0, 0.05) is 29.7 Å². The van der Waals surface area contributed by atoms with Gasteiger partial charge in [-0.15, -0.1) is 0 Å². The highest BCUT2D eigenvalue weighted by Gasteiger charge is 2.34. The highest BCUT2D eigenvalue weighted by molar-refractivity contribution is 5.44. The Morgan fingerprint density at radius 3 is 2.60 bits per heavy atom. The summed E-state index contributed by atoms with van der Waals surface area (Å²) >= 11 is 0. The first-order valence-electron chi connectivity index (χ1n) is 7.54. The molecule has 2 unspecified atom stereocenters. The number of aromatic nitrogens is 1. The number of hydrogen-bond donors (Lipinski definition) is 2. The third-order valence-corrected chi connectivity index (χ3v) is 4.49. The molecule has 114 valence electrons. The zero-order valence-corrected chi connectivity index (χ0v) is 13.6. The topological polar surface area (TPSA) is 54.2 Å². The van der Waals surface area contributed by atoms with Crippen LogP contribution in [0.2, 0.25) is 0 Å². The van der Waals surface area contributed by atoms with Crippen LogP contribution in [-0.2, 0) is 6.42 Å². The SMILES string of the molecule is CCCNC(Cc1cnccc1N)C(C)(CC)N(C)C. The second-order valence-corrected chi connectivity index (χ2v) is 5.89. The highest BCUT2D eigenvalue weighted by Crippen LogP contribution is 2.25. The quantitative estimate of drug-likeness (QED) is 0.766. The average Bonchev–Trinajstić information content (AvgIpc) is 2.44. The van der Waals surface area contributed by atoms with Gasteiger partial charge in [0.1, 0.15) is 0 Å². The molecule has 0 fully saturated rings. The predicted molar refractivity (Wildman–Crippen MR) is 86.8 cm³/mol. The minimum Gasteiger partial charge on any atom is -0.398 e. The molecule has 0 spiro atoms. The van der Waals surface area contributed by atoms with Crippen LogP contribution in [-0.4, -0.2) is 42.1 Å². The molecule has 4 nitrogen and oxygen atoms in total. The van der Waals surface area contributed by atoms with Crippen molar-refractivity contribution in [1.82, 2.24) is 15.2 Å². The van der Waals surface area contributed by atoms with E-state index in [0.717, 1.165) is 37.1 Å². The van der Waals surface area contributed by atoms with Crippen molar-refractivity contribution in [3.05, 3.63) is 24.0 Å². The van der Waals surface area contributed by atoms with E-state index in [1.54, 1.807) is 6.20 Å². The summed E-state index contributed by atoms with van der Waals surface area (Å²) < 4.78 is 0. The van der Waals surface area contributed by atoms with Crippen LogP contribution >= 0.6 is 0 Å². The molecular weight excluding hydrogens is 248 g/mol. The van der Waals surface area contributed by atoms with Crippen molar-refractivity contribution in [3.63, 3.8) is 0 Å². The zero-order valence-electron chi connectivity index (χ0n) is 13.6. The molecule has 0 radical (unpaired) electrons. The molecule has 0 saturated heterocycles. The van der Waals surface area contributed by atoms with Crippen molar-refractivity contribution in [2.75, 3.05) is 26.4 Å². The Morgan fingerprint density at radius 2 is 2.10 bits per heavy atom. The molecule has 1 aromatic rings. The number of nitrogens with one attached hydrogen (secondary N) is 1. The molecule has 20 heavy (non-hydrogen) atoms. The number of hydrogen-bond acceptors (Lipinski definition) is 4. The highest BCUT2D eigenvalue weighted by atomic mass is 15.2. The maximum absolute atomic E-state index is 6.08. The van der Waals surface area contributed by atoms with E-state index in [9.17, 15) is 0 Å². The largest absolute Gasteiger partial charge is 0.398 e. The Morgan fingerprint density at radius 1 is 1.40 bits per heavy atom. The lowest BCUT2D eigenvalue weighted by Gasteiger charge is -2.43. The van der Waals surface area contributed by atoms with Gasteiger partial charge in [-0.1, -0.05) is 13.8 Å². The summed E-state index contributed by atoms with van der Waals surface area (Å²) in [6.07, 6.45) is 6.76. The molecule has 0 bridgehead atoms. The number of nitrogens with zero attached hydrogens (tertiary/aromatic N) is 2. The van der Waals surface area contributed by atoms with E-state index < -0.39 is 0 Å². The fourth-order valence-corrected chi connectivity index (χ4v) is 2.53. The third kappa shape index (κ3) is 3.93. The maximum atomic E-state index is 6.08. The molecule has 0 amide bonds. The van der Waals surface area contributed by atoms with Gasteiger partial charge in [0.2, 0.25) is 0 Å². The van der Waals surface area contributed by atoms with Crippen molar-refractivity contribution < 1.29 is 0 Å². The first-order chi connectivity index (χ1) is 9.45. The Bertz CT molecular complexity index is 405. The number of nitrogen functional groups attached to an aromatic ring is 1. The van der Waals surface area contributed by atoms with E-state index in [0.29, 0.717) is 6.04 Å². The van der Waals surface area contributed by atoms with Crippen LogP contribution in [0.1, 0.15) is 39.2 Å². The van der Waals surface area contributed by atoms with E-state index in [1.807, 2.05) is 12.3 Å². The lowest BCUT2D eigenvalue weighted by molar-refractivity contribution is 0.112. The monoisotopic (exact) mass is 278 g/mol. The van der Waals surface area contributed by atoms with Gasteiger partial charge in [-0.3, -0.25) is 4.98 Å². The van der Waals surface area contributed by atoms with Gasteiger partial charge >= 0.3 is 0 Å².